The van der Waals surface area contributed by atoms with E-state index in [0.29, 0.717) is 24.2 Å². The van der Waals surface area contributed by atoms with Crippen molar-refractivity contribution in [1.29, 1.82) is 0 Å². The summed E-state index contributed by atoms with van der Waals surface area (Å²) in [5, 5.41) is 32.5. The normalized spacial score (nSPS) is 34.9. The highest BCUT2D eigenvalue weighted by atomic mass is 16.5. The number of ether oxygens (including phenoxy) is 1. The predicted molar refractivity (Wildman–Crippen MR) is 93.4 cm³/mol. The molecule has 1 saturated carbocycles. The fourth-order valence-corrected chi connectivity index (χ4v) is 4.31. The van der Waals surface area contributed by atoms with Crippen LogP contribution in [0.3, 0.4) is 0 Å². The summed E-state index contributed by atoms with van der Waals surface area (Å²) in [6.45, 7) is 9.75. The zero-order valence-corrected chi connectivity index (χ0v) is 14.7. The van der Waals surface area contributed by atoms with Gasteiger partial charge in [0, 0.05) is 11.5 Å². The van der Waals surface area contributed by atoms with Crippen LogP contribution < -0.4 is 4.74 Å². The Morgan fingerprint density at radius 1 is 1.42 bits per heavy atom. The standard InChI is InChI=1S/C20H28O4/c1-5-6-12-9-14(21)16-15(10-12)24-19-17(16)18(22)13(11(2)3)7-8-20(19,4)23/h9-10,13,17-19,21-23H,2,5-8H2,1,3-4H3/t13-,17?,18+,19?,20-/m0/s1. The Bertz CT molecular complexity index is 649. The lowest BCUT2D eigenvalue weighted by molar-refractivity contribution is -0.0595. The summed E-state index contributed by atoms with van der Waals surface area (Å²) >= 11 is 0. The Labute approximate surface area is 143 Å². The molecule has 1 aliphatic heterocycles. The third-order valence-electron chi connectivity index (χ3n) is 5.62. The zero-order valence-electron chi connectivity index (χ0n) is 14.7. The quantitative estimate of drug-likeness (QED) is 0.743. The third-order valence-corrected chi connectivity index (χ3v) is 5.62. The fourth-order valence-electron chi connectivity index (χ4n) is 4.31. The van der Waals surface area contributed by atoms with Crippen molar-refractivity contribution in [1.82, 2.24) is 0 Å². The van der Waals surface area contributed by atoms with E-state index in [1.54, 1.807) is 13.0 Å². The molecule has 2 aliphatic rings. The first-order valence-corrected chi connectivity index (χ1v) is 8.84. The van der Waals surface area contributed by atoms with Gasteiger partial charge in [-0.15, -0.1) is 0 Å². The Morgan fingerprint density at radius 3 is 2.75 bits per heavy atom. The van der Waals surface area contributed by atoms with E-state index in [9.17, 15) is 15.3 Å². The summed E-state index contributed by atoms with van der Waals surface area (Å²) in [7, 11) is 0. The number of phenolic OH excluding ortho intramolecular Hbond substituents is 1. The lowest BCUT2D eigenvalue weighted by Crippen LogP contribution is -2.45. The molecule has 132 valence electrons. The van der Waals surface area contributed by atoms with Gasteiger partial charge in [0.1, 0.15) is 17.6 Å². The van der Waals surface area contributed by atoms with Gasteiger partial charge in [-0.2, -0.15) is 0 Å². The Balaban J connectivity index is 2.09. The molecule has 1 heterocycles. The summed E-state index contributed by atoms with van der Waals surface area (Å²) < 4.78 is 6.07. The first-order chi connectivity index (χ1) is 11.3. The van der Waals surface area contributed by atoms with Crippen molar-refractivity contribution < 1.29 is 20.1 Å². The predicted octanol–water partition coefficient (Wildman–Crippen LogP) is 3.29. The van der Waals surface area contributed by atoms with E-state index in [0.717, 1.165) is 24.0 Å². The average molecular weight is 332 g/mol. The Kier molecular flexibility index (Phi) is 4.39. The molecular formula is C20H28O4. The van der Waals surface area contributed by atoms with Gasteiger partial charge in [0.05, 0.1) is 17.6 Å². The van der Waals surface area contributed by atoms with E-state index >= 15 is 0 Å². The van der Waals surface area contributed by atoms with Crippen molar-refractivity contribution >= 4 is 0 Å². The van der Waals surface area contributed by atoms with Crippen LogP contribution in [0.25, 0.3) is 0 Å². The number of phenols is 1. The maximum atomic E-state index is 11.0. The zero-order chi connectivity index (χ0) is 17.6. The molecule has 0 spiro atoms. The summed E-state index contributed by atoms with van der Waals surface area (Å²) in [5.41, 5.74) is 1.47. The highest BCUT2D eigenvalue weighted by Gasteiger charge is 2.53. The second-order valence-corrected chi connectivity index (χ2v) is 7.68. The van der Waals surface area contributed by atoms with E-state index in [2.05, 4.69) is 13.5 Å². The highest BCUT2D eigenvalue weighted by molar-refractivity contribution is 5.54. The minimum atomic E-state index is -1.06. The first kappa shape index (κ1) is 17.3. The second kappa shape index (κ2) is 6.08. The van der Waals surface area contributed by atoms with Crippen molar-refractivity contribution in [2.45, 2.75) is 70.2 Å². The van der Waals surface area contributed by atoms with Crippen molar-refractivity contribution in [3.05, 3.63) is 35.4 Å². The topological polar surface area (TPSA) is 69.9 Å². The van der Waals surface area contributed by atoms with Gasteiger partial charge in [0.25, 0.3) is 0 Å². The lowest BCUT2D eigenvalue weighted by atomic mass is 9.79. The van der Waals surface area contributed by atoms with Gasteiger partial charge in [0.2, 0.25) is 0 Å². The molecule has 5 atom stereocenters. The molecule has 24 heavy (non-hydrogen) atoms. The molecule has 1 fully saturated rings. The Morgan fingerprint density at radius 2 is 2.12 bits per heavy atom. The molecule has 1 aromatic rings. The maximum Gasteiger partial charge on any atom is 0.137 e. The summed E-state index contributed by atoms with van der Waals surface area (Å²) in [4.78, 5) is 0. The summed E-state index contributed by atoms with van der Waals surface area (Å²) in [6.07, 6.45) is 1.72. The number of hydrogen-bond acceptors (Lipinski definition) is 4. The average Bonchev–Trinajstić information content (AvgIpc) is 2.83. The molecule has 2 unspecified atom stereocenters. The third kappa shape index (κ3) is 2.72. The molecule has 0 aromatic heterocycles. The number of benzene rings is 1. The number of fused-ring (bicyclic) bond motifs is 3. The van der Waals surface area contributed by atoms with Crippen molar-refractivity contribution in [2.75, 3.05) is 0 Å². The largest absolute Gasteiger partial charge is 0.508 e. The lowest BCUT2D eigenvalue weighted by Gasteiger charge is -2.32. The second-order valence-electron chi connectivity index (χ2n) is 7.68. The van der Waals surface area contributed by atoms with Gasteiger partial charge in [-0.05, 0) is 50.8 Å². The maximum absolute atomic E-state index is 11.0. The number of aromatic hydroxyl groups is 1. The molecule has 0 saturated heterocycles. The molecule has 4 heteroatoms. The molecule has 0 bridgehead atoms. The van der Waals surface area contributed by atoms with Gasteiger partial charge in [-0.3, -0.25) is 0 Å². The van der Waals surface area contributed by atoms with Crippen LogP contribution in [-0.2, 0) is 6.42 Å². The van der Waals surface area contributed by atoms with E-state index < -0.39 is 23.7 Å². The smallest absolute Gasteiger partial charge is 0.137 e. The molecule has 1 aliphatic carbocycles. The van der Waals surface area contributed by atoms with Gasteiger partial charge in [0.15, 0.2) is 0 Å². The van der Waals surface area contributed by atoms with E-state index in [-0.39, 0.29) is 11.7 Å². The van der Waals surface area contributed by atoms with E-state index in [1.807, 2.05) is 13.0 Å². The SMILES string of the molecule is C=C(C)[C@@H]1CC[C@](C)(O)C2Oc3cc(CCC)cc(O)c3C2[C@@H]1O. The number of hydrogen-bond donors (Lipinski definition) is 3. The van der Waals surface area contributed by atoms with Gasteiger partial charge in [-0.25, -0.2) is 0 Å². The van der Waals surface area contributed by atoms with Crippen LogP contribution in [0.2, 0.25) is 0 Å². The van der Waals surface area contributed by atoms with Crippen molar-refractivity contribution in [3.8, 4) is 11.5 Å². The van der Waals surface area contributed by atoms with E-state index in [4.69, 9.17) is 4.74 Å². The molecule has 3 N–H and O–H groups in total. The Hall–Kier alpha value is -1.52. The highest BCUT2D eigenvalue weighted by Crippen LogP contribution is 2.53. The summed E-state index contributed by atoms with van der Waals surface area (Å²) in [6, 6.07) is 3.70. The minimum Gasteiger partial charge on any atom is -0.508 e. The summed E-state index contributed by atoms with van der Waals surface area (Å²) in [5.74, 6) is 0.182. The number of rotatable bonds is 3. The van der Waals surface area contributed by atoms with Crippen LogP contribution in [0, 0.1) is 5.92 Å². The van der Waals surface area contributed by atoms with E-state index in [1.165, 1.54) is 0 Å². The monoisotopic (exact) mass is 332 g/mol. The van der Waals surface area contributed by atoms with Crippen LogP contribution in [-0.4, -0.2) is 33.1 Å². The fraction of sp³-hybridized carbons (Fsp3) is 0.600. The molecule has 0 amide bonds. The van der Waals surface area contributed by atoms with Crippen molar-refractivity contribution in [2.24, 2.45) is 5.92 Å². The minimum absolute atomic E-state index is 0.115. The van der Waals surface area contributed by atoms with Crippen LogP contribution in [0.1, 0.15) is 57.1 Å². The molecule has 0 radical (unpaired) electrons. The molecule has 3 rings (SSSR count). The van der Waals surface area contributed by atoms with Gasteiger partial charge < -0.3 is 20.1 Å². The van der Waals surface area contributed by atoms with Crippen LogP contribution >= 0.6 is 0 Å². The molecular weight excluding hydrogens is 304 g/mol. The first-order valence-electron chi connectivity index (χ1n) is 8.84. The molecule has 1 aromatic carbocycles. The number of aryl methyl sites for hydroxylation is 1. The van der Waals surface area contributed by atoms with Gasteiger partial charge in [-0.1, -0.05) is 25.5 Å². The number of aliphatic hydroxyl groups excluding tert-OH is 1. The van der Waals surface area contributed by atoms with Crippen LogP contribution in [0.15, 0.2) is 24.3 Å². The van der Waals surface area contributed by atoms with Crippen molar-refractivity contribution in [3.63, 3.8) is 0 Å². The molecule has 4 nitrogen and oxygen atoms in total. The van der Waals surface area contributed by atoms with Crippen LogP contribution in [0.5, 0.6) is 11.5 Å². The van der Waals surface area contributed by atoms with Crippen LogP contribution in [0.4, 0.5) is 0 Å². The number of aliphatic hydroxyl groups is 2. The van der Waals surface area contributed by atoms with Gasteiger partial charge >= 0.3 is 0 Å².